The molecule has 0 unspecified atom stereocenters. The number of amides is 2. The number of nitriles is 1. The summed E-state index contributed by atoms with van der Waals surface area (Å²) in [5, 5.41) is 15.3. The van der Waals surface area contributed by atoms with Crippen molar-refractivity contribution < 1.29 is 14.3 Å². The lowest BCUT2D eigenvalue weighted by Gasteiger charge is -2.09. The summed E-state index contributed by atoms with van der Waals surface area (Å²) in [6, 6.07) is 22.9. The number of rotatable bonds is 7. The summed E-state index contributed by atoms with van der Waals surface area (Å²) in [6.07, 6.45) is 1.46. The van der Waals surface area contributed by atoms with Gasteiger partial charge in [-0.05, 0) is 54.5 Å². The molecule has 0 radical (unpaired) electrons. The Morgan fingerprint density at radius 2 is 1.72 bits per heavy atom. The molecule has 6 nitrogen and oxygen atoms in total. The third-order valence-electron chi connectivity index (χ3n) is 4.45. The number of carbonyl (C=O) groups excluding carboxylic acids is 2. The molecular weight excluding hydrogens is 426 g/mol. The van der Waals surface area contributed by atoms with E-state index in [9.17, 15) is 14.9 Å². The van der Waals surface area contributed by atoms with Crippen LogP contribution >= 0.6 is 11.6 Å². The molecule has 2 amide bonds. The van der Waals surface area contributed by atoms with Crippen LogP contribution in [0, 0.1) is 18.3 Å². The van der Waals surface area contributed by atoms with Gasteiger partial charge < -0.3 is 15.4 Å². The predicted octanol–water partition coefficient (Wildman–Crippen LogP) is 5.21. The predicted molar refractivity (Wildman–Crippen MR) is 125 cm³/mol. The van der Waals surface area contributed by atoms with E-state index in [1.54, 1.807) is 60.7 Å². The summed E-state index contributed by atoms with van der Waals surface area (Å²) < 4.78 is 5.54. The highest BCUT2D eigenvalue weighted by Crippen LogP contribution is 2.21. The molecule has 0 fully saturated rings. The number of hydrogen-bond donors (Lipinski definition) is 2. The fourth-order valence-electron chi connectivity index (χ4n) is 2.81. The van der Waals surface area contributed by atoms with Crippen LogP contribution in [0.4, 0.5) is 11.4 Å². The topological polar surface area (TPSA) is 91.2 Å². The van der Waals surface area contributed by atoms with Gasteiger partial charge in [0, 0.05) is 5.69 Å². The van der Waals surface area contributed by atoms with E-state index in [0.717, 1.165) is 5.56 Å². The Bertz CT molecular complexity index is 1210. The van der Waals surface area contributed by atoms with E-state index in [0.29, 0.717) is 27.7 Å². The lowest BCUT2D eigenvalue weighted by Crippen LogP contribution is -2.20. The molecule has 160 valence electrons. The van der Waals surface area contributed by atoms with Crippen LogP contribution in [0.3, 0.4) is 0 Å². The van der Waals surface area contributed by atoms with Crippen molar-refractivity contribution in [2.45, 2.75) is 6.92 Å². The highest BCUT2D eigenvalue weighted by Gasteiger charge is 2.11. The maximum absolute atomic E-state index is 12.5. The summed E-state index contributed by atoms with van der Waals surface area (Å²) in [4.78, 5) is 24.6. The summed E-state index contributed by atoms with van der Waals surface area (Å²) in [7, 11) is 0. The second kappa shape index (κ2) is 10.8. The standard InChI is InChI=1S/C25H20ClN3O3/c1-17-7-2-4-11-22(17)29-25(31)19(15-27)13-18-8-6-9-20(14-18)32-16-24(30)28-23-12-5-3-10-21(23)26/h2-14H,16H2,1H3,(H,28,30)(H,29,31)/b19-13-. The first-order valence-corrected chi connectivity index (χ1v) is 10.1. The molecule has 0 heterocycles. The number of halogens is 1. The molecule has 2 N–H and O–H groups in total. The Balaban J connectivity index is 1.65. The largest absolute Gasteiger partial charge is 0.484 e. The molecule has 3 rings (SSSR count). The second-order valence-corrected chi connectivity index (χ2v) is 7.24. The highest BCUT2D eigenvalue weighted by atomic mass is 35.5. The van der Waals surface area contributed by atoms with Crippen molar-refractivity contribution in [1.82, 2.24) is 0 Å². The van der Waals surface area contributed by atoms with Gasteiger partial charge in [-0.15, -0.1) is 0 Å². The van der Waals surface area contributed by atoms with Crippen LogP contribution in [-0.2, 0) is 9.59 Å². The van der Waals surface area contributed by atoms with Gasteiger partial charge in [0.25, 0.3) is 11.8 Å². The maximum atomic E-state index is 12.5. The molecule has 0 saturated carbocycles. The first-order chi connectivity index (χ1) is 15.5. The van der Waals surface area contributed by atoms with Gasteiger partial charge in [-0.1, -0.05) is 54.1 Å². The first kappa shape index (κ1) is 22.6. The van der Waals surface area contributed by atoms with E-state index in [-0.39, 0.29) is 18.1 Å². The van der Waals surface area contributed by atoms with Gasteiger partial charge in [0.1, 0.15) is 17.4 Å². The van der Waals surface area contributed by atoms with Gasteiger partial charge in [0.15, 0.2) is 6.61 Å². The SMILES string of the molecule is Cc1ccccc1NC(=O)/C(C#N)=C\c1cccc(OCC(=O)Nc2ccccc2Cl)c1. The lowest BCUT2D eigenvalue weighted by molar-refractivity contribution is -0.118. The van der Waals surface area contributed by atoms with E-state index in [1.807, 2.05) is 25.1 Å². The van der Waals surface area contributed by atoms with Crippen LogP contribution in [0.15, 0.2) is 78.4 Å². The number of nitrogens with one attached hydrogen (secondary N) is 2. The number of nitrogens with zero attached hydrogens (tertiary/aromatic N) is 1. The molecule has 0 aliphatic rings. The van der Waals surface area contributed by atoms with Gasteiger partial charge in [-0.25, -0.2) is 0 Å². The quantitative estimate of drug-likeness (QED) is 0.385. The van der Waals surface area contributed by atoms with Gasteiger partial charge >= 0.3 is 0 Å². The van der Waals surface area contributed by atoms with E-state index < -0.39 is 5.91 Å². The van der Waals surface area contributed by atoms with Crippen molar-refractivity contribution in [2.75, 3.05) is 17.2 Å². The monoisotopic (exact) mass is 445 g/mol. The zero-order chi connectivity index (χ0) is 22.9. The Labute approximate surface area is 191 Å². The molecule has 0 aromatic heterocycles. The zero-order valence-electron chi connectivity index (χ0n) is 17.3. The van der Waals surface area contributed by atoms with Crippen LogP contribution < -0.4 is 15.4 Å². The van der Waals surface area contributed by atoms with Crippen LogP contribution in [0.2, 0.25) is 5.02 Å². The number of ether oxygens (including phenoxy) is 1. The lowest BCUT2D eigenvalue weighted by atomic mass is 10.1. The second-order valence-electron chi connectivity index (χ2n) is 6.83. The molecule has 3 aromatic carbocycles. The molecule has 32 heavy (non-hydrogen) atoms. The summed E-state index contributed by atoms with van der Waals surface area (Å²) in [6.45, 7) is 1.64. The Morgan fingerprint density at radius 3 is 2.44 bits per heavy atom. The zero-order valence-corrected chi connectivity index (χ0v) is 18.0. The molecule has 0 bridgehead atoms. The van der Waals surface area contributed by atoms with Crippen LogP contribution in [0.25, 0.3) is 6.08 Å². The Morgan fingerprint density at radius 1 is 1.00 bits per heavy atom. The van der Waals surface area contributed by atoms with E-state index in [4.69, 9.17) is 16.3 Å². The smallest absolute Gasteiger partial charge is 0.266 e. The van der Waals surface area contributed by atoms with E-state index in [1.165, 1.54) is 6.08 Å². The third-order valence-corrected chi connectivity index (χ3v) is 4.77. The van der Waals surface area contributed by atoms with Crippen molar-refractivity contribution >= 4 is 40.9 Å². The summed E-state index contributed by atoms with van der Waals surface area (Å²) in [5.41, 5.74) is 2.56. The minimum atomic E-state index is -0.507. The van der Waals surface area contributed by atoms with Gasteiger partial charge in [0.05, 0.1) is 10.7 Å². The minimum Gasteiger partial charge on any atom is -0.484 e. The van der Waals surface area contributed by atoms with Crippen molar-refractivity contribution in [1.29, 1.82) is 5.26 Å². The van der Waals surface area contributed by atoms with E-state index in [2.05, 4.69) is 10.6 Å². The molecule has 0 aliphatic heterocycles. The summed E-state index contributed by atoms with van der Waals surface area (Å²) >= 11 is 6.03. The maximum Gasteiger partial charge on any atom is 0.266 e. The molecule has 0 saturated heterocycles. The van der Waals surface area contributed by atoms with Crippen LogP contribution in [0.5, 0.6) is 5.75 Å². The van der Waals surface area contributed by atoms with Crippen molar-refractivity contribution in [3.05, 3.63) is 94.5 Å². The number of para-hydroxylation sites is 2. The molecule has 0 atom stereocenters. The third kappa shape index (κ3) is 6.21. The Kier molecular flexibility index (Phi) is 7.63. The normalized spacial score (nSPS) is 10.7. The number of aryl methyl sites for hydroxylation is 1. The van der Waals surface area contributed by atoms with Crippen LogP contribution in [-0.4, -0.2) is 18.4 Å². The first-order valence-electron chi connectivity index (χ1n) is 9.72. The molecule has 3 aromatic rings. The molecule has 7 heteroatoms. The Hall–Kier alpha value is -4.08. The van der Waals surface area contributed by atoms with Gasteiger partial charge in [0.2, 0.25) is 0 Å². The molecule has 0 spiro atoms. The molecule has 0 aliphatic carbocycles. The average molecular weight is 446 g/mol. The fraction of sp³-hybridized carbons (Fsp3) is 0.0800. The molecular formula is C25H20ClN3O3. The fourth-order valence-corrected chi connectivity index (χ4v) is 2.99. The minimum absolute atomic E-state index is 0.0538. The number of hydrogen-bond acceptors (Lipinski definition) is 4. The van der Waals surface area contributed by atoms with Crippen molar-refractivity contribution in [3.8, 4) is 11.8 Å². The van der Waals surface area contributed by atoms with E-state index >= 15 is 0 Å². The van der Waals surface area contributed by atoms with Gasteiger partial charge in [-0.3, -0.25) is 9.59 Å². The number of carbonyl (C=O) groups is 2. The van der Waals surface area contributed by atoms with Crippen LogP contribution in [0.1, 0.15) is 11.1 Å². The van der Waals surface area contributed by atoms with Crippen molar-refractivity contribution in [3.63, 3.8) is 0 Å². The number of anilines is 2. The highest BCUT2D eigenvalue weighted by molar-refractivity contribution is 6.33. The average Bonchev–Trinajstić information content (AvgIpc) is 2.79. The number of benzene rings is 3. The summed E-state index contributed by atoms with van der Waals surface area (Å²) in [5.74, 6) is -0.453. The van der Waals surface area contributed by atoms with Gasteiger partial charge in [-0.2, -0.15) is 5.26 Å². The van der Waals surface area contributed by atoms with Crippen molar-refractivity contribution in [2.24, 2.45) is 0 Å².